The van der Waals surface area contributed by atoms with Crippen LogP contribution < -0.4 is 0 Å². The normalized spacial score (nSPS) is 11.6. The molecular weight excluding hydrogens is 270 g/mol. The van der Waals surface area contributed by atoms with Gasteiger partial charge in [0.2, 0.25) is 0 Å². The zero-order valence-electron chi connectivity index (χ0n) is 13.5. The molecule has 0 saturated carbocycles. The number of hydrogen-bond donors (Lipinski definition) is 0. The Morgan fingerprint density at radius 3 is 2.05 bits per heavy atom. The molecule has 3 nitrogen and oxygen atoms in total. The monoisotopic (exact) mass is 291 g/mol. The van der Waals surface area contributed by atoms with Crippen LogP contribution in [0.4, 0.5) is 0 Å². The van der Waals surface area contributed by atoms with E-state index in [4.69, 9.17) is 0 Å². The van der Waals surface area contributed by atoms with Crippen LogP contribution in [0.25, 0.3) is 17.1 Å². The Morgan fingerprint density at radius 2 is 1.45 bits per heavy atom. The maximum atomic E-state index is 4.37. The van der Waals surface area contributed by atoms with E-state index in [0.717, 1.165) is 22.9 Å². The van der Waals surface area contributed by atoms with Crippen LogP contribution in [0.3, 0.4) is 0 Å². The molecule has 0 saturated heterocycles. The highest BCUT2D eigenvalue weighted by molar-refractivity contribution is 5.59. The van der Waals surface area contributed by atoms with Crippen LogP contribution in [-0.4, -0.2) is 14.8 Å². The first-order valence-corrected chi connectivity index (χ1v) is 7.55. The molecule has 22 heavy (non-hydrogen) atoms. The Morgan fingerprint density at radius 1 is 0.818 bits per heavy atom. The number of aromatic nitrogens is 3. The summed E-state index contributed by atoms with van der Waals surface area (Å²) in [5, 5.41) is 8.62. The van der Waals surface area contributed by atoms with Crippen LogP contribution in [0.5, 0.6) is 0 Å². The molecule has 0 aliphatic carbocycles. The van der Waals surface area contributed by atoms with Gasteiger partial charge in [0.25, 0.3) is 0 Å². The first kappa shape index (κ1) is 14.5. The molecule has 1 heterocycles. The minimum Gasteiger partial charge on any atom is -0.279 e. The van der Waals surface area contributed by atoms with Crippen LogP contribution in [0.15, 0.2) is 54.6 Å². The van der Waals surface area contributed by atoms with E-state index in [1.54, 1.807) is 0 Å². The Balaban J connectivity index is 2.07. The van der Waals surface area contributed by atoms with Crippen LogP contribution in [0, 0.1) is 6.92 Å². The van der Waals surface area contributed by atoms with Crippen molar-refractivity contribution in [2.24, 2.45) is 0 Å². The quantitative estimate of drug-likeness (QED) is 0.694. The Bertz CT molecular complexity index is 763. The number of benzene rings is 2. The van der Waals surface area contributed by atoms with Crippen LogP contribution in [0.1, 0.15) is 32.2 Å². The average Bonchev–Trinajstić information content (AvgIpc) is 2.89. The van der Waals surface area contributed by atoms with Crippen LogP contribution in [-0.2, 0) is 5.41 Å². The third kappa shape index (κ3) is 2.67. The Kier molecular flexibility index (Phi) is 3.57. The molecule has 0 spiro atoms. The lowest BCUT2D eigenvalue weighted by Gasteiger charge is -2.19. The van der Waals surface area contributed by atoms with Crippen molar-refractivity contribution in [2.45, 2.75) is 33.1 Å². The molecule has 0 radical (unpaired) electrons. The van der Waals surface area contributed by atoms with Gasteiger partial charge in [0.05, 0.1) is 0 Å². The van der Waals surface area contributed by atoms with Crippen molar-refractivity contribution in [1.29, 1.82) is 0 Å². The van der Waals surface area contributed by atoms with E-state index in [2.05, 4.69) is 71.9 Å². The summed E-state index contributed by atoms with van der Waals surface area (Å²) in [5.74, 6) is 1.77. The molecule has 0 aliphatic rings. The zero-order valence-corrected chi connectivity index (χ0v) is 13.5. The van der Waals surface area contributed by atoms with E-state index in [0.29, 0.717) is 0 Å². The Labute approximate surface area is 131 Å². The number of aryl methyl sites for hydroxylation is 1. The van der Waals surface area contributed by atoms with Gasteiger partial charge in [-0.3, -0.25) is 4.57 Å². The van der Waals surface area contributed by atoms with E-state index < -0.39 is 0 Å². The van der Waals surface area contributed by atoms with E-state index in [-0.39, 0.29) is 5.41 Å². The number of para-hydroxylation sites is 1. The summed E-state index contributed by atoms with van der Waals surface area (Å²) in [6.07, 6.45) is 0. The van der Waals surface area contributed by atoms with E-state index in [1.807, 2.05) is 25.1 Å². The van der Waals surface area contributed by atoms with Gasteiger partial charge in [-0.15, -0.1) is 10.2 Å². The maximum Gasteiger partial charge on any atom is 0.168 e. The highest BCUT2D eigenvalue weighted by Crippen LogP contribution is 2.27. The van der Waals surface area contributed by atoms with Gasteiger partial charge in [-0.25, -0.2) is 0 Å². The highest BCUT2D eigenvalue weighted by atomic mass is 15.3. The van der Waals surface area contributed by atoms with E-state index >= 15 is 0 Å². The molecule has 0 bridgehead atoms. The van der Waals surface area contributed by atoms with Gasteiger partial charge >= 0.3 is 0 Å². The molecule has 112 valence electrons. The molecule has 0 fully saturated rings. The van der Waals surface area contributed by atoms with Gasteiger partial charge in [0.1, 0.15) is 5.82 Å². The zero-order chi connectivity index (χ0) is 15.7. The largest absolute Gasteiger partial charge is 0.279 e. The van der Waals surface area contributed by atoms with Crippen LogP contribution in [0.2, 0.25) is 0 Å². The van der Waals surface area contributed by atoms with Gasteiger partial charge in [0.15, 0.2) is 5.82 Å². The van der Waals surface area contributed by atoms with Crippen molar-refractivity contribution in [1.82, 2.24) is 14.8 Å². The summed E-state index contributed by atoms with van der Waals surface area (Å²) in [7, 11) is 0. The minimum atomic E-state index is 0.154. The molecular formula is C19H21N3. The van der Waals surface area contributed by atoms with Gasteiger partial charge in [-0.2, -0.15) is 0 Å². The lowest BCUT2D eigenvalue weighted by Crippen LogP contribution is -2.10. The fourth-order valence-corrected chi connectivity index (χ4v) is 2.55. The molecule has 0 amide bonds. The second kappa shape index (κ2) is 5.41. The predicted molar refractivity (Wildman–Crippen MR) is 90.2 cm³/mol. The van der Waals surface area contributed by atoms with Crippen molar-refractivity contribution in [2.75, 3.05) is 0 Å². The van der Waals surface area contributed by atoms with Gasteiger partial charge in [-0.05, 0) is 30.0 Å². The number of rotatable bonds is 2. The van der Waals surface area contributed by atoms with Crippen molar-refractivity contribution < 1.29 is 0 Å². The second-order valence-electron chi connectivity index (χ2n) is 6.57. The number of nitrogens with zero attached hydrogens (tertiary/aromatic N) is 3. The van der Waals surface area contributed by atoms with E-state index in [9.17, 15) is 0 Å². The van der Waals surface area contributed by atoms with Crippen molar-refractivity contribution in [3.63, 3.8) is 0 Å². The maximum absolute atomic E-state index is 4.37. The van der Waals surface area contributed by atoms with Crippen molar-refractivity contribution >= 4 is 0 Å². The van der Waals surface area contributed by atoms with Crippen molar-refractivity contribution in [3.05, 3.63) is 66.0 Å². The summed E-state index contributed by atoms with van der Waals surface area (Å²) < 4.78 is 2.09. The SMILES string of the molecule is Cc1nnc(-c2ccc(C(C)(C)C)cc2)n1-c1ccccc1. The fraction of sp³-hybridized carbons (Fsp3) is 0.263. The lowest BCUT2D eigenvalue weighted by molar-refractivity contribution is 0.590. The minimum absolute atomic E-state index is 0.154. The van der Waals surface area contributed by atoms with E-state index in [1.165, 1.54) is 5.56 Å². The predicted octanol–water partition coefficient (Wildman–Crippen LogP) is 4.54. The average molecular weight is 291 g/mol. The third-order valence-electron chi connectivity index (χ3n) is 3.85. The molecule has 3 aromatic rings. The summed E-state index contributed by atoms with van der Waals surface area (Å²) in [4.78, 5) is 0. The molecule has 1 aromatic heterocycles. The van der Waals surface area contributed by atoms with Crippen molar-refractivity contribution in [3.8, 4) is 17.1 Å². The van der Waals surface area contributed by atoms with Gasteiger partial charge in [0, 0.05) is 11.3 Å². The molecule has 2 aromatic carbocycles. The van der Waals surface area contributed by atoms with Gasteiger partial charge in [-0.1, -0.05) is 63.2 Å². The number of hydrogen-bond acceptors (Lipinski definition) is 2. The summed E-state index contributed by atoms with van der Waals surface area (Å²) in [5.41, 5.74) is 3.64. The lowest BCUT2D eigenvalue weighted by atomic mass is 9.87. The summed E-state index contributed by atoms with van der Waals surface area (Å²) in [6, 6.07) is 18.8. The Hall–Kier alpha value is -2.42. The summed E-state index contributed by atoms with van der Waals surface area (Å²) in [6.45, 7) is 8.64. The van der Waals surface area contributed by atoms with Crippen LogP contribution >= 0.6 is 0 Å². The molecule has 0 atom stereocenters. The first-order chi connectivity index (χ1) is 10.5. The molecule has 3 rings (SSSR count). The summed E-state index contributed by atoms with van der Waals surface area (Å²) >= 11 is 0. The second-order valence-corrected chi connectivity index (χ2v) is 6.57. The first-order valence-electron chi connectivity index (χ1n) is 7.55. The molecule has 3 heteroatoms. The topological polar surface area (TPSA) is 30.7 Å². The smallest absolute Gasteiger partial charge is 0.168 e. The molecule has 0 unspecified atom stereocenters. The molecule has 0 aliphatic heterocycles. The standard InChI is InChI=1S/C19H21N3/c1-14-20-21-18(22(14)17-8-6-5-7-9-17)15-10-12-16(13-11-15)19(2,3)4/h5-13H,1-4H3. The third-order valence-corrected chi connectivity index (χ3v) is 3.85. The van der Waals surface area contributed by atoms with Gasteiger partial charge < -0.3 is 0 Å². The highest BCUT2D eigenvalue weighted by Gasteiger charge is 2.16. The molecule has 0 N–H and O–H groups in total. The fourth-order valence-electron chi connectivity index (χ4n) is 2.55.